The van der Waals surface area contributed by atoms with Gasteiger partial charge in [-0.15, -0.1) is 0 Å². The van der Waals surface area contributed by atoms with Gasteiger partial charge in [0.05, 0.1) is 0 Å². The standard InChI is InChI=1S/C22H29ClFN/c1-25(15-5-8-19-9-12-20(24)16-22(19)23)21-13-10-18(11-14-21)17-6-3-2-4-7-17/h3,6-7,9,12,16,18,21H,2,4-5,8,10-11,13-15H2,1H3. The van der Waals surface area contributed by atoms with Crippen LogP contribution in [0.1, 0.15) is 50.5 Å². The minimum Gasteiger partial charge on any atom is -0.303 e. The molecule has 0 bridgehead atoms. The molecule has 0 heterocycles. The third-order valence-corrected chi connectivity index (χ3v) is 6.14. The van der Waals surface area contributed by atoms with E-state index in [0.717, 1.165) is 30.9 Å². The summed E-state index contributed by atoms with van der Waals surface area (Å²) in [5.41, 5.74) is 2.63. The van der Waals surface area contributed by atoms with Gasteiger partial charge in [0.15, 0.2) is 0 Å². The highest BCUT2D eigenvalue weighted by Gasteiger charge is 2.25. The van der Waals surface area contributed by atoms with Gasteiger partial charge in [0.2, 0.25) is 0 Å². The van der Waals surface area contributed by atoms with Crippen LogP contribution in [-0.2, 0) is 6.42 Å². The Bertz CT molecular complexity index is 629. The molecule has 25 heavy (non-hydrogen) atoms. The summed E-state index contributed by atoms with van der Waals surface area (Å²) < 4.78 is 13.1. The molecule has 1 fully saturated rings. The van der Waals surface area contributed by atoms with E-state index in [1.165, 1.54) is 50.7 Å². The first-order valence-corrected chi connectivity index (χ1v) is 10.0. The summed E-state index contributed by atoms with van der Waals surface area (Å²) in [4.78, 5) is 2.51. The van der Waals surface area contributed by atoms with Crippen molar-refractivity contribution in [2.45, 2.75) is 57.4 Å². The zero-order valence-electron chi connectivity index (χ0n) is 15.2. The van der Waals surface area contributed by atoms with Crippen LogP contribution in [-0.4, -0.2) is 24.5 Å². The minimum absolute atomic E-state index is 0.259. The number of allylic oxidation sites excluding steroid dienone is 4. The quantitative estimate of drug-likeness (QED) is 0.584. The summed E-state index contributed by atoms with van der Waals surface area (Å²) in [6.07, 6.45) is 16.8. The molecule has 0 atom stereocenters. The van der Waals surface area contributed by atoms with Crippen LogP contribution < -0.4 is 0 Å². The SMILES string of the molecule is CN(CCCc1ccc(F)cc1Cl)C1CCC(C2=CCCC=C2)CC1. The van der Waals surface area contributed by atoms with Crippen molar-refractivity contribution in [3.63, 3.8) is 0 Å². The van der Waals surface area contributed by atoms with Gasteiger partial charge in [-0.1, -0.05) is 35.9 Å². The van der Waals surface area contributed by atoms with Gasteiger partial charge in [-0.05, 0) is 94.1 Å². The Morgan fingerprint density at radius 3 is 2.64 bits per heavy atom. The minimum atomic E-state index is -0.259. The molecule has 0 aromatic heterocycles. The van der Waals surface area contributed by atoms with Gasteiger partial charge in [0, 0.05) is 11.1 Å². The first-order chi connectivity index (χ1) is 12.1. The molecule has 1 aromatic carbocycles. The van der Waals surface area contributed by atoms with E-state index in [-0.39, 0.29) is 5.82 Å². The molecule has 2 aliphatic carbocycles. The third-order valence-electron chi connectivity index (χ3n) is 5.79. The van der Waals surface area contributed by atoms with Gasteiger partial charge in [0.25, 0.3) is 0 Å². The second-order valence-corrected chi connectivity index (χ2v) is 7.92. The molecule has 1 nitrogen and oxygen atoms in total. The van der Waals surface area contributed by atoms with Crippen molar-refractivity contribution in [2.24, 2.45) is 5.92 Å². The van der Waals surface area contributed by atoms with Crippen molar-refractivity contribution in [1.82, 2.24) is 4.90 Å². The van der Waals surface area contributed by atoms with E-state index in [2.05, 4.69) is 30.2 Å². The predicted molar refractivity (Wildman–Crippen MR) is 105 cm³/mol. The fourth-order valence-electron chi connectivity index (χ4n) is 4.21. The zero-order valence-corrected chi connectivity index (χ0v) is 15.9. The molecule has 3 rings (SSSR count). The van der Waals surface area contributed by atoms with Crippen molar-refractivity contribution < 1.29 is 4.39 Å². The van der Waals surface area contributed by atoms with E-state index in [9.17, 15) is 4.39 Å². The summed E-state index contributed by atoms with van der Waals surface area (Å²) in [6.45, 7) is 1.08. The summed E-state index contributed by atoms with van der Waals surface area (Å²) >= 11 is 6.12. The van der Waals surface area contributed by atoms with E-state index in [0.29, 0.717) is 11.1 Å². The Balaban J connectivity index is 1.41. The van der Waals surface area contributed by atoms with Gasteiger partial charge in [-0.2, -0.15) is 0 Å². The molecule has 0 radical (unpaired) electrons. The number of benzene rings is 1. The van der Waals surface area contributed by atoms with Gasteiger partial charge in [-0.25, -0.2) is 4.39 Å². The van der Waals surface area contributed by atoms with Crippen molar-refractivity contribution >= 4 is 11.6 Å². The van der Waals surface area contributed by atoms with Crippen LogP contribution in [0.5, 0.6) is 0 Å². The molecule has 0 aliphatic heterocycles. The molecule has 2 aliphatic rings. The normalized spacial score (nSPS) is 23.8. The zero-order chi connectivity index (χ0) is 17.6. The average Bonchev–Trinajstić information content (AvgIpc) is 2.64. The topological polar surface area (TPSA) is 3.24 Å². The van der Waals surface area contributed by atoms with Crippen LogP contribution in [0.15, 0.2) is 42.0 Å². The summed E-state index contributed by atoms with van der Waals surface area (Å²) in [5, 5.41) is 0.553. The Morgan fingerprint density at radius 1 is 1.16 bits per heavy atom. The predicted octanol–water partition coefficient (Wildman–Crippen LogP) is 6.18. The van der Waals surface area contributed by atoms with Crippen molar-refractivity contribution in [3.05, 3.63) is 58.4 Å². The number of hydrogen-bond acceptors (Lipinski definition) is 1. The van der Waals surface area contributed by atoms with E-state index >= 15 is 0 Å². The third kappa shape index (κ3) is 5.18. The van der Waals surface area contributed by atoms with Crippen LogP contribution in [0.2, 0.25) is 5.02 Å². The lowest BCUT2D eigenvalue weighted by Crippen LogP contribution is -2.36. The van der Waals surface area contributed by atoms with Crippen LogP contribution in [0, 0.1) is 11.7 Å². The average molecular weight is 362 g/mol. The lowest BCUT2D eigenvalue weighted by atomic mass is 9.79. The van der Waals surface area contributed by atoms with E-state index in [1.54, 1.807) is 5.57 Å². The van der Waals surface area contributed by atoms with Crippen LogP contribution >= 0.6 is 11.6 Å². The first-order valence-electron chi connectivity index (χ1n) is 9.64. The van der Waals surface area contributed by atoms with E-state index < -0.39 is 0 Å². The fraction of sp³-hybridized carbons (Fsp3) is 0.545. The summed E-state index contributed by atoms with van der Waals surface area (Å²) in [7, 11) is 2.25. The number of aryl methyl sites for hydroxylation is 1. The molecule has 0 N–H and O–H groups in total. The van der Waals surface area contributed by atoms with Gasteiger partial charge < -0.3 is 4.90 Å². The number of rotatable bonds is 6. The number of halogens is 2. The Labute approximate surface area is 156 Å². The smallest absolute Gasteiger partial charge is 0.124 e. The fourth-order valence-corrected chi connectivity index (χ4v) is 4.47. The first kappa shape index (κ1) is 18.7. The van der Waals surface area contributed by atoms with Crippen molar-refractivity contribution in [1.29, 1.82) is 0 Å². The molecule has 0 spiro atoms. The molecule has 0 amide bonds. The maximum absolute atomic E-state index is 13.1. The van der Waals surface area contributed by atoms with Gasteiger partial charge in [0.1, 0.15) is 5.82 Å². The number of nitrogens with zero attached hydrogens (tertiary/aromatic N) is 1. The second-order valence-electron chi connectivity index (χ2n) is 7.51. The van der Waals surface area contributed by atoms with E-state index in [4.69, 9.17) is 11.6 Å². The van der Waals surface area contributed by atoms with Crippen LogP contribution in [0.3, 0.4) is 0 Å². The van der Waals surface area contributed by atoms with Crippen LogP contribution in [0.25, 0.3) is 0 Å². The Kier molecular flexibility index (Phi) is 6.72. The highest BCUT2D eigenvalue weighted by molar-refractivity contribution is 6.31. The molecular weight excluding hydrogens is 333 g/mol. The second kappa shape index (κ2) is 9.00. The Hall–Kier alpha value is -1.12. The Morgan fingerprint density at radius 2 is 1.96 bits per heavy atom. The molecule has 1 saturated carbocycles. The molecule has 3 heteroatoms. The van der Waals surface area contributed by atoms with Crippen molar-refractivity contribution in [2.75, 3.05) is 13.6 Å². The molecule has 0 saturated heterocycles. The lowest BCUT2D eigenvalue weighted by Gasteiger charge is -2.35. The van der Waals surface area contributed by atoms with Gasteiger partial charge >= 0.3 is 0 Å². The van der Waals surface area contributed by atoms with E-state index in [1.807, 2.05) is 6.07 Å². The monoisotopic (exact) mass is 361 g/mol. The maximum Gasteiger partial charge on any atom is 0.124 e. The molecule has 1 aromatic rings. The molecular formula is C22H29ClFN. The lowest BCUT2D eigenvalue weighted by molar-refractivity contribution is 0.173. The summed E-state index contributed by atoms with van der Waals surface area (Å²) in [5.74, 6) is 0.518. The van der Waals surface area contributed by atoms with Crippen LogP contribution in [0.4, 0.5) is 4.39 Å². The highest BCUT2D eigenvalue weighted by Crippen LogP contribution is 2.34. The number of hydrogen-bond donors (Lipinski definition) is 0. The maximum atomic E-state index is 13.1. The highest BCUT2D eigenvalue weighted by atomic mass is 35.5. The molecule has 0 unspecified atom stereocenters. The molecule has 136 valence electrons. The van der Waals surface area contributed by atoms with Crippen molar-refractivity contribution in [3.8, 4) is 0 Å². The summed E-state index contributed by atoms with van der Waals surface area (Å²) in [6, 6.07) is 5.43. The van der Waals surface area contributed by atoms with Gasteiger partial charge in [-0.3, -0.25) is 0 Å². The largest absolute Gasteiger partial charge is 0.303 e.